The topological polar surface area (TPSA) is 70.2 Å². The van der Waals surface area contributed by atoms with E-state index in [2.05, 4.69) is 23.3 Å². The van der Waals surface area contributed by atoms with Crippen molar-refractivity contribution in [2.75, 3.05) is 0 Å². The lowest BCUT2D eigenvalue weighted by molar-refractivity contribution is -0.384. The number of hydrogen-bond acceptors (Lipinski definition) is 4. The second kappa shape index (κ2) is 5.90. The number of aromatic nitrogens is 2. The van der Waals surface area contributed by atoms with E-state index in [9.17, 15) is 10.1 Å². The van der Waals surface area contributed by atoms with Crippen molar-refractivity contribution in [2.24, 2.45) is 7.05 Å². The lowest BCUT2D eigenvalue weighted by atomic mass is 10.1. The van der Waals surface area contributed by atoms with E-state index >= 15 is 0 Å². The first-order valence-corrected chi connectivity index (χ1v) is 7.84. The zero-order chi connectivity index (χ0) is 17.4. The third-order valence-corrected chi connectivity index (χ3v) is 4.26. The third-order valence-electron chi connectivity index (χ3n) is 4.26. The van der Waals surface area contributed by atoms with Crippen molar-refractivity contribution in [3.63, 3.8) is 0 Å². The van der Waals surface area contributed by atoms with Gasteiger partial charge in [0.1, 0.15) is 6.61 Å². The Bertz CT molecular complexity index is 1100. The molecule has 4 aromatic rings. The van der Waals surface area contributed by atoms with Crippen LogP contribution in [-0.4, -0.2) is 14.7 Å². The Morgan fingerprint density at radius 3 is 2.72 bits per heavy atom. The molecule has 1 aromatic heterocycles. The van der Waals surface area contributed by atoms with E-state index in [0.717, 1.165) is 21.9 Å². The number of fused-ring (bicyclic) bond motifs is 2. The molecular weight excluding hydrogens is 318 g/mol. The number of non-ortho nitro benzene ring substituents is 1. The van der Waals surface area contributed by atoms with Gasteiger partial charge in [-0.3, -0.25) is 14.8 Å². The van der Waals surface area contributed by atoms with Crippen LogP contribution in [0, 0.1) is 10.1 Å². The number of ether oxygens (including phenoxy) is 1. The molecule has 0 spiro atoms. The Morgan fingerprint density at radius 1 is 1.08 bits per heavy atom. The highest BCUT2D eigenvalue weighted by Gasteiger charge is 2.15. The van der Waals surface area contributed by atoms with Crippen molar-refractivity contribution >= 4 is 27.4 Å². The maximum absolute atomic E-state index is 11.0. The molecule has 0 aliphatic carbocycles. The van der Waals surface area contributed by atoms with E-state index in [0.29, 0.717) is 17.9 Å². The fourth-order valence-corrected chi connectivity index (χ4v) is 3.01. The molecule has 0 saturated heterocycles. The number of hydrogen-bond donors (Lipinski definition) is 0. The van der Waals surface area contributed by atoms with E-state index in [1.807, 2.05) is 24.3 Å². The summed E-state index contributed by atoms with van der Waals surface area (Å²) in [5.74, 6) is 0.397. The highest BCUT2D eigenvalue weighted by atomic mass is 16.6. The summed E-state index contributed by atoms with van der Waals surface area (Å²) in [6, 6.07) is 18.8. The Kier molecular flexibility index (Phi) is 3.57. The van der Waals surface area contributed by atoms with Crippen molar-refractivity contribution < 1.29 is 9.66 Å². The van der Waals surface area contributed by atoms with Crippen molar-refractivity contribution in [3.8, 4) is 5.88 Å². The fraction of sp³-hybridized carbons (Fsp3) is 0.105. The molecule has 25 heavy (non-hydrogen) atoms. The average Bonchev–Trinajstić information content (AvgIpc) is 2.95. The van der Waals surface area contributed by atoms with Crippen LogP contribution in [0.15, 0.2) is 60.7 Å². The second-order valence-electron chi connectivity index (χ2n) is 5.81. The lowest BCUT2D eigenvalue weighted by Crippen LogP contribution is -1.98. The molecule has 0 radical (unpaired) electrons. The van der Waals surface area contributed by atoms with Gasteiger partial charge in [-0.2, -0.15) is 0 Å². The van der Waals surface area contributed by atoms with E-state index in [-0.39, 0.29) is 5.69 Å². The van der Waals surface area contributed by atoms with Gasteiger partial charge in [-0.25, -0.2) is 0 Å². The monoisotopic (exact) mass is 333 g/mol. The van der Waals surface area contributed by atoms with Crippen LogP contribution in [0.1, 0.15) is 5.56 Å². The van der Waals surface area contributed by atoms with E-state index < -0.39 is 4.92 Å². The van der Waals surface area contributed by atoms with Gasteiger partial charge in [0, 0.05) is 19.2 Å². The summed E-state index contributed by atoms with van der Waals surface area (Å²) in [6.07, 6.45) is 0. The molecule has 0 bridgehead atoms. The number of nitro benzene ring substituents is 1. The first-order chi connectivity index (χ1) is 12.1. The molecule has 124 valence electrons. The van der Waals surface area contributed by atoms with E-state index in [4.69, 9.17) is 4.74 Å². The number of rotatable bonds is 4. The average molecular weight is 333 g/mol. The molecule has 6 heteroatoms. The Hall–Kier alpha value is -3.41. The molecular formula is C19H15N3O3. The fourth-order valence-electron chi connectivity index (χ4n) is 3.01. The maximum Gasteiger partial charge on any atom is 0.270 e. The largest absolute Gasteiger partial charge is 0.471 e. The van der Waals surface area contributed by atoms with Crippen LogP contribution in [-0.2, 0) is 13.7 Å². The second-order valence-corrected chi connectivity index (χ2v) is 5.81. The van der Waals surface area contributed by atoms with Crippen molar-refractivity contribution in [1.29, 1.82) is 0 Å². The van der Waals surface area contributed by atoms with Gasteiger partial charge in [-0.15, -0.1) is 5.10 Å². The van der Waals surface area contributed by atoms with Crippen LogP contribution >= 0.6 is 0 Å². The number of nitrogens with zero attached hydrogens (tertiary/aromatic N) is 3. The van der Waals surface area contributed by atoms with Gasteiger partial charge in [-0.1, -0.05) is 42.5 Å². The molecule has 0 amide bonds. The summed E-state index contributed by atoms with van der Waals surface area (Å²) in [5, 5.41) is 18.3. The first-order valence-electron chi connectivity index (χ1n) is 7.84. The van der Waals surface area contributed by atoms with Crippen LogP contribution in [0.4, 0.5) is 5.69 Å². The minimum absolute atomic E-state index is 0.0236. The zero-order valence-electron chi connectivity index (χ0n) is 13.5. The molecule has 1 heterocycles. The number of benzene rings is 3. The highest BCUT2D eigenvalue weighted by molar-refractivity contribution is 5.87. The standard InChI is InChI=1S/C19H15N3O3/c1-21-18-10-9-15(22(23)24)11-17(18)19(20-21)25-12-14-7-4-6-13-5-2-3-8-16(13)14/h2-11H,12H2,1H3. The predicted molar refractivity (Wildman–Crippen MR) is 95.6 cm³/mol. The van der Waals surface area contributed by atoms with Crippen LogP contribution in [0.5, 0.6) is 5.88 Å². The van der Waals surface area contributed by atoms with Gasteiger partial charge < -0.3 is 4.74 Å². The maximum atomic E-state index is 11.0. The summed E-state index contributed by atoms with van der Waals surface area (Å²) in [7, 11) is 1.79. The molecule has 4 rings (SSSR count). The number of nitro groups is 1. The predicted octanol–water partition coefficient (Wildman–Crippen LogP) is 4.21. The van der Waals surface area contributed by atoms with Crippen LogP contribution < -0.4 is 4.74 Å². The van der Waals surface area contributed by atoms with Crippen LogP contribution in [0.2, 0.25) is 0 Å². The van der Waals surface area contributed by atoms with Gasteiger partial charge in [0.05, 0.1) is 15.8 Å². The Labute approximate surface area is 143 Å². The molecule has 3 aromatic carbocycles. The molecule has 0 unspecified atom stereocenters. The zero-order valence-corrected chi connectivity index (χ0v) is 13.5. The smallest absolute Gasteiger partial charge is 0.270 e. The van der Waals surface area contributed by atoms with Gasteiger partial charge in [0.2, 0.25) is 5.88 Å². The molecule has 6 nitrogen and oxygen atoms in total. The van der Waals surface area contributed by atoms with E-state index in [1.165, 1.54) is 12.1 Å². The number of aryl methyl sites for hydroxylation is 1. The first kappa shape index (κ1) is 15.1. The quantitative estimate of drug-likeness (QED) is 0.414. The van der Waals surface area contributed by atoms with E-state index in [1.54, 1.807) is 17.8 Å². The third kappa shape index (κ3) is 2.67. The van der Waals surface area contributed by atoms with Gasteiger partial charge in [0.25, 0.3) is 5.69 Å². The summed E-state index contributed by atoms with van der Waals surface area (Å²) in [6.45, 7) is 0.343. The van der Waals surface area contributed by atoms with Gasteiger partial charge in [-0.05, 0) is 22.4 Å². The van der Waals surface area contributed by atoms with Crippen LogP contribution in [0.25, 0.3) is 21.7 Å². The molecule has 0 aliphatic rings. The van der Waals surface area contributed by atoms with Crippen molar-refractivity contribution in [1.82, 2.24) is 9.78 Å². The van der Waals surface area contributed by atoms with Gasteiger partial charge in [0.15, 0.2) is 0 Å². The Morgan fingerprint density at radius 2 is 1.88 bits per heavy atom. The minimum Gasteiger partial charge on any atom is -0.471 e. The Balaban J connectivity index is 1.71. The molecule has 0 atom stereocenters. The molecule has 0 aliphatic heterocycles. The van der Waals surface area contributed by atoms with Gasteiger partial charge >= 0.3 is 0 Å². The summed E-state index contributed by atoms with van der Waals surface area (Å²) in [4.78, 5) is 10.6. The molecule has 0 fully saturated rings. The molecule has 0 saturated carbocycles. The lowest BCUT2D eigenvalue weighted by Gasteiger charge is -2.07. The summed E-state index contributed by atoms with van der Waals surface area (Å²) >= 11 is 0. The highest BCUT2D eigenvalue weighted by Crippen LogP contribution is 2.29. The van der Waals surface area contributed by atoms with Crippen molar-refractivity contribution in [3.05, 3.63) is 76.3 Å². The summed E-state index contributed by atoms with van der Waals surface area (Å²) < 4.78 is 7.58. The van der Waals surface area contributed by atoms with Crippen LogP contribution in [0.3, 0.4) is 0 Å². The molecule has 0 N–H and O–H groups in total. The van der Waals surface area contributed by atoms with Crippen molar-refractivity contribution in [2.45, 2.75) is 6.61 Å². The minimum atomic E-state index is -0.416. The summed E-state index contributed by atoms with van der Waals surface area (Å²) in [5.41, 5.74) is 1.86. The normalized spacial score (nSPS) is 11.1. The SMILES string of the molecule is Cn1nc(OCc2cccc3ccccc23)c2cc([N+](=O)[O-])ccc21.